The number of nitrogens with one attached hydrogen (secondary N) is 1. The molecule has 2 rings (SSSR count). The van der Waals surface area contributed by atoms with Crippen LogP contribution < -0.4 is 0 Å². The van der Waals surface area contributed by atoms with Crippen LogP contribution in [0.3, 0.4) is 0 Å². The molecule has 1 aromatic heterocycles. The Morgan fingerprint density at radius 1 is 1.22 bits per heavy atom. The van der Waals surface area contributed by atoms with Crippen LogP contribution in [0.4, 0.5) is 0 Å². The summed E-state index contributed by atoms with van der Waals surface area (Å²) in [5.41, 5.74) is 2.42. The first-order valence-corrected chi connectivity index (χ1v) is 7.66. The third-order valence-corrected chi connectivity index (χ3v) is 4.84. The molecule has 1 aliphatic carbocycles. The Labute approximate surface area is 115 Å². The third kappa shape index (κ3) is 2.82. The van der Waals surface area contributed by atoms with Gasteiger partial charge in [0.1, 0.15) is 10.5 Å². The molecule has 1 aliphatic rings. The van der Waals surface area contributed by atoms with Crippen molar-refractivity contribution in [1.82, 2.24) is 9.97 Å². The maximum absolute atomic E-state index is 5.38. The Balaban J connectivity index is 2.19. The van der Waals surface area contributed by atoms with Crippen LogP contribution in [-0.2, 0) is 6.42 Å². The van der Waals surface area contributed by atoms with E-state index in [1.807, 2.05) is 0 Å². The number of aromatic nitrogens is 2. The van der Waals surface area contributed by atoms with Gasteiger partial charge in [0.15, 0.2) is 0 Å². The second kappa shape index (κ2) is 5.96. The zero-order valence-corrected chi connectivity index (χ0v) is 12.6. The van der Waals surface area contributed by atoms with Gasteiger partial charge in [0.2, 0.25) is 0 Å². The summed E-state index contributed by atoms with van der Waals surface area (Å²) in [7, 11) is 0. The molecule has 0 bridgehead atoms. The van der Waals surface area contributed by atoms with Gasteiger partial charge in [-0.25, -0.2) is 4.98 Å². The molecule has 100 valence electrons. The summed E-state index contributed by atoms with van der Waals surface area (Å²) in [4.78, 5) is 8.14. The normalized spacial score (nSPS) is 24.2. The highest BCUT2D eigenvalue weighted by molar-refractivity contribution is 7.71. The van der Waals surface area contributed by atoms with Crippen LogP contribution in [0.25, 0.3) is 0 Å². The summed E-state index contributed by atoms with van der Waals surface area (Å²) >= 11 is 5.38. The molecule has 1 aromatic rings. The Hall–Kier alpha value is -0.700. The minimum Gasteiger partial charge on any atom is -0.347 e. The number of nitrogens with zero attached hydrogens (tertiary/aromatic N) is 1. The van der Waals surface area contributed by atoms with E-state index in [1.54, 1.807) is 0 Å². The van der Waals surface area contributed by atoms with Gasteiger partial charge in [-0.15, -0.1) is 0 Å². The Bertz CT molecular complexity index is 456. The van der Waals surface area contributed by atoms with Crippen LogP contribution in [0.15, 0.2) is 0 Å². The van der Waals surface area contributed by atoms with Gasteiger partial charge in [-0.05, 0) is 44.9 Å². The van der Waals surface area contributed by atoms with Gasteiger partial charge < -0.3 is 4.98 Å². The molecule has 2 nitrogen and oxygen atoms in total. The van der Waals surface area contributed by atoms with Crippen molar-refractivity contribution in [3.8, 4) is 0 Å². The molecule has 0 aromatic carbocycles. The minimum atomic E-state index is 0.598. The topological polar surface area (TPSA) is 28.7 Å². The molecule has 1 saturated carbocycles. The fraction of sp³-hybridized carbons (Fsp3) is 0.733. The van der Waals surface area contributed by atoms with Gasteiger partial charge in [0.25, 0.3) is 0 Å². The van der Waals surface area contributed by atoms with Gasteiger partial charge in [0.05, 0.1) is 0 Å². The number of aryl methyl sites for hydroxylation is 1. The van der Waals surface area contributed by atoms with Crippen LogP contribution in [-0.4, -0.2) is 9.97 Å². The molecular formula is C15H24N2S. The maximum Gasteiger partial charge on any atom is 0.132 e. The smallest absolute Gasteiger partial charge is 0.132 e. The molecule has 3 heteroatoms. The highest BCUT2D eigenvalue weighted by atomic mass is 32.1. The SMILES string of the molecule is CCc1[nH]c(C2CCC(CC)CC2)nc(=S)c1C. The lowest BCUT2D eigenvalue weighted by molar-refractivity contribution is 0.311. The van der Waals surface area contributed by atoms with E-state index in [4.69, 9.17) is 12.2 Å². The largest absolute Gasteiger partial charge is 0.347 e. The van der Waals surface area contributed by atoms with Gasteiger partial charge in [-0.2, -0.15) is 0 Å². The number of hydrogen-bond donors (Lipinski definition) is 1. The van der Waals surface area contributed by atoms with E-state index in [0.29, 0.717) is 5.92 Å². The van der Waals surface area contributed by atoms with Crippen molar-refractivity contribution in [2.24, 2.45) is 5.92 Å². The molecular weight excluding hydrogens is 240 g/mol. The fourth-order valence-corrected chi connectivity index (χ4v) is 3.21. The average Bonchev–Trinajstić information content (AvgIpc) is 2.42. The quantitative estimate of drug-likeness (QED) is 0.802. The van der Waals surface area contributed by atoms with Crippen molar-refractivity contribution in [1.29, 1.82) is 0 Å². The summed E-state index contributed by atoms with van der Waals surface area (Å²) in [6.45, 7) is 6.55. The summed E-state index contributed by atoms with van der Waals surface area (Å²) in [6, 6.07) is 0. The summed E-state index contributed by atoms with van der Waals surface area (Å²) in [5.74, 6) is 2.66. The van der Waals surface area contributed by atoms with Crippen LogP contribution >= 0.6 is 12.2 Å². The van der Waals surface area contributed by atoms with Gasteiger partial charge >= 0.3 is 0 Å². The van der Waals surface area contributed by atoms with Crippen LogP contribution in [0.5, 0.6) is 0 Å². The second-order valence-electron chi connectivity index (χ2n) is 5.51. The van der Waals surface area contributed by atoms with Crippen LogP contribution in [0.2, 0.25) is 0 Å². The fourth-order valence-electron chi connectivity index (χ4n) is 2.99. The highest BCUT2D eigenvalue weighted by Crippen LogP contribution is 2.35. The summed E-state index contributed by atoms with van der Waals surface area (Å²) < 4.78 is 0.790. The minimum absolute atomic E-state index is 0.598. The van der Waals surface area contributed by atoms with Crippen molar-refractivity contribution in [3.63, 3.8) is 0 Å². The Morgan fingerprint density at radius 2 is 1.89 bits per heavy atom. The van der Waals surface area contributed by atoms with E-state index in [-0.39, 0.29) is 0 Å². The lowest BCUT2D eigenvalue weighted by Crippen LogP contribution is -2.16. The molecule has 0 atom stereocenters. The molecule has 0 saturated heterocycles. The number of hydrogen-bond acceptors (Lipinski definition) is 2. The molecule has 1 fully saturated rings. The van der Waals surface area contributed by atoms with E-state index in [0.717, 1.165) is 28.4 Å². The van der Waals surface area contributed by atoms with Gasteiger partial charge in [-0.1, -0.05) is 32.5 Å². The van der Waals surface area contributed by atoms with Crippen molar-refractivity contribution < 1.29 is 0 Å². The number of H-pyrrole nitrogens is 1. The monoisotopic (exact) mass is 264 g/mol. The van der Waals surface area contributed by atoms with Crippen molar-refractivity contribution >= 4 is 12.2 Å². The van der Waals surface area contributed by atoms with Gasteiger partial charge in [0, 0.05) is 17.2 Å². The second-order valence-corrected chi connectivity index (χ2v) is 5.90. The highest BCUT2D eigenvalue weighted by Gasteiger charge is 2.23. The number of aromatic amines is 1. The van der Waals surface area contributed by atoms with E-state index in [2.05, 4.69) is 30.7 Å². The Morgan fingerprint density at radius 3 is 2.44 bits per heavy atom. The van der Waals surface area contributed by atoms with E-state index >= 15 is 0 Å². The van der Waals surface area contributed by atoms with E-state index < -0.39 is 0 Å². The summed E-state index contributed by atoms with van der Waals surface area (Å²) in [6.07, 6.45) is 7.56. The first-order chi connectivity index (χ1) is 8.65. The molecule has 18 heavy (non-hydrogen) atoms. The molecule has 1 N–H and O–H groups in total. The lowest BCUT2D eigenvalue weighted by atomic mass is 9.80. The molecule has 1 heterocycles. The first-order valence-electron chi connectivity index (χ1n) is 7.25. The van der Waals surface area contributed by atoms with E-state index in [9.17, 15) is 0 Å². The molecule has 0 aliphatic heterocycles. The third-order valence-electron chi connectivity index (χ3n) is 4.44. The molecule has 0 radical (unpaired) electrons. The van der Waals surface area contributed by atoms with Crippen molar-refractivity contribution in [2.75, 3.05) is 0 Å². The Kier molecular flexibility index (Phi) is 4.55. The van der Waals surface area contributed by atoms with Crippen molar-refractivity contribution in [3.05, 3.63) is 21.7 Å². The molecule has 0 amide bonds. The summed E-state index contributed by atoms with van der Waals surface area (Å²) in [5, 5.41) is 0. The van der Waals surface area contributed by atoms with Gasteiger partial charge in [-0.3, -0.25) is 0 Å². The zero-order valence-electron chi connectivity index (χ0n) is 11.8. The first kappa shape index (κ1) is 13.7. The van der Waals surface area contributed by atoms with E-state index in [1.165, 1.54) is 37.8 Å². The lowest BCUT2D eigenvalue weighted by Gasteiger charge is -2.27. The number of rotatable bonds is 3. The molecule has 0 unspecified atom stereocenters. The average molecular weight is 264 g/mol. The molecule has 0 spiro atoms. The zero-order chi connectivity index (χ0) is 13.1. The van der Waals surface area contributed by atoms with Crippen LogP contribution in [0, 0.1) is 17.5 Å². The standard InChI is InChI=1S/C15H24N2S/c1-4-11-6-8-12(9-7-11)14-16-13(5-2)10(3)15(18)17-14/h11-12H,4-9H2,1-3H3,(H,16,17,18). The predicted molar refractivity (Wildman–Crippen MR) is 78.5 cm³/mol. The maximum atomic E-state index is 5.38. The predicted octanol–water partition coefficient (Wildman–Crippen LogP) is 4.69. The van der Waals surface area contributed by atoms with Crippen LogP contribution in [0.1, 0.15) is 69.0 Å². The van der Waals surface area contributed by atoms with Crippen molar-refractivity contribution in [2.45, 2.75) is 65.2 Å².